The number of methoxy groups -OCH3 is 1. The van der Waals surface area contributed by atoms with Crippen molar-refractivity contribution in [2.75, 3.05) is 12.0 Å². The zero-order valence-corrected chi connectivity index (χ0v) is 21.0. The quantitative estimate of drug-likeness (QED) is 0.270. The molecule has 1 aliphatic heterocycles. The molecule has 1 aliphatic rings. The summed E-state index contributed by atoms with van der Waals surface area (Å²) in [6.45, 7) is 2.28. The van der Waals surface area contributed by atoms with Crippen LogP contribution in [0, 0.1) is 6.92 Å². The van der Waals surface area contributed by atoms with E-state index in [0.29, 0.717) is 15.8 Å². The van der Waals surface area contributed by atoms with Crippen molar-refractivity contribution in [2.24, 2.45) is 0 Å². The standard InChI is InChI=1S/C27H21BrN2O6/c1-16-3-5-17(6-4-16)15-36-23-12-9-20(28)13-19(23)14-22-24(31)29-27(34)30(25(22)32)21-10-7-18(8-11-21)26(33)35-2/h3-14H,15H2,1-2H3,(H,29,31,34)/b22-14+. The maximum atomic E-state index is 13.3. The van der Waals surface area contributed by atoms with Crippen molar-refractivity contribution in [2.45, 2.75) is 13.5 Å². The minimum Gasteiger partial charge on any atom is -0.488 e. The lowest BCUT2D eigenvalue weighted by atomic mass is 10.1. The highest BCUT2D eigenvalue weighted by Crippen LogP contribution is 2.29. The van der Waals surface area contributed by atoms with Crippen molar-refractivity contribution in [3.8, 4) is 5.75 Å². The number of aryl methyl sites for hydroxylation is 1. The van der Waals surface area contributed by atoms with Gasteiger partial charge in [-0.2, -0.15) is 0 Å². The van der Waals surface area contributed by atoms with Crippen LogP contribution < -0.4 is 15.0 Å². The van der Waals surface area contributed by atoms with Crippen LogP contribution in [0.5, 0.6) is 5.75 Å². The van der Waals surface area contributed by atoms with Crippen molar-refractivity contribution in [3.05, 3.63) is 99.0 Å². The number of esters is 1. The molecule has 0 unspecified atom stereocenters. The molecule has 182 valence electrons. The smallest absolute Gasteiger partial charge is 0.337 e. The number of anilines is 1. The minimum atomic E-state index is -0.891. The average molecular weight is 549 g/mol. The Morgan fingerprint density at radius 3 is 2.36 bits per heavy atom. The van der Waals surface area contributed by atoms with Gasteiger partial charge in [-0.05, 0) is 61.0 Å². The Morgan fingerprint density at radius 1 is 1.00 bits per heavy atom. The van der Waals surface area contributed by atoms with Crippen molar-refractivity contribution in [1.82, 2.24) is 5.32 Å². The van der Waals surface area contributed by atoms with Crippen LogP contribution in [0.3, 0.4) is 0 Å². The molecule has 0 atom stereocenters. The largest absolute Gasteiger partial charge is 0.488 e. The van der Waals surface area contributed by atoms with Crippen LogP contribution >= 0.6 is 15.9 Å². The first-order valence-electron chi connectivity index (χ1n) is 10.8. The predicted octanol–water partition coefficient (Wildman–Crippen LogP) is 4.79. The van der Waals surface area contributed by atoms with Crippen molar-refractivity contribution in [1.29, 1.82) is 0 Å². The van der Waals surface area contributed by atoms with E-state index in [2.05, 4.69) is 26.0 Å². The van der Waals surface area contributed by atoms with Crippen molar-refractivity contribution in [3.63, 3.8) is 0 Å². The van der Waals surface area contributed by atoms with E-state index >= 15 is 0 Å². The van der Waals surface area contributed by atoms with E-state index in [-0.39, 0.29) is 23.4 Å². The highest BCUT2D eigenvalue weighted by molar-refractivity contribution is 9.10. The van der Waals surface area contributed by atoms with Crippen LogP contribution in [0.25, 0.3) is 6.08 Å². The summed E-state index contributed by atoms with van der Waals surface area (Å²) in [7, 11) is 1.25. The van der Waals surface area contributed by atoms with E-state index in [1.54, 1.807) is 18.2 Å². The molecule has 0 aromatic heterocycles. The van der Waals surface area contributed by atoms with Crippen LogP contribution in [0.1, 0.15) is 27.0 Å². The second kappa shape index (κ2) is 10.6. The Hall–Kier alpha value is -4.24. The lowest BCUT2D eigenvalue weighted by molar-refractivity contribution is -0.122. The summed E-state index contributed by atoms with van der Waals surface area (Å²) >= 11 is 3.41. The van der Waals surface area contributed by atoms with Crippen molar-refractivity contribution < 1.29 is 28.7 Å². The third kappa shape index (κ3) is 5.36. The fraction of sp³-hybridized carbons (Fsp3) is 0.111. The van der Waals surface area contributed by atoms with Crippen molar-refractivity contribution >= 4 is 51.5 Å². The molecule has 4 amide bonds. The number of halogens is 1. The first-order valence-corrected chi connectivity index (χ1v) is 11.6. The number of carbonyl (C=O) groups is 4. The van der Waals surface area contributed by atoms with Crippen LogP contribution in [0.15, 0.2) is 76.8 Å². The summed E-state index contributed by atoms with van der Waals surface area (Å²) in [5.74, 6) is -1.73. The summed E-state index contributed by atoms with van der Waals surface area (Å²) in [6, 6.07) is 17.9. The van der Waals surface area contributed by atoms with Gasteiger partial charge in [0.25, 0.3) is 11.8 Å². The normalized spacial score (nSPS) is 14.6. The van der Waals surface area contributed by atoms with Crippen LogP contribution in [-0.2, 0) is 20.9 Å². The first kappa shape index (κ1) is 24.9. The Balaban J connectivity index is 1.64. The summed E-state index contributed by atoms with van der Waals surface area (Å²) in [5.41, 5.74) is 2.76. The molecule has 4 rings (SSSR count). The topological polar surface area (TPSA) is 102 Å². The van der Waals surface area contributed by atoms with E-state index in [9.17, 15) is 19.2 Å². The number of barbiturate groups is 1. The second-order valence-electron chi connectivity index (χ2n) is 7.95. The summed E-state index contributed by atoms with van der Waals surface area (Å²) < 4.78 is 11.4. The van der Waals surface area contributed by atoms with Gasteiger partial charge in [0.2, 0.25) is 0 Å². The third-order valence-electron chi connectivity index (χ3n) is 5.43. The molecule has 9 heteroatoms. The number of rotatable bonds is 6. The van der Waals surface area contributed by atoms with Crippen LogP contribution in [0.4, 0.5) is 10.5 Å². The fourth-order valence-electron chi connectivity index (χ4n) is 3.52. The average Bonchev–Trinajstić information content (AvgIpc) is 2.87. The van der Waals surface area contributed by atoms with Gasteiger partial charge < -0.3 is 9.47 Å². The maximum absolute atomic E-state index is 13.3. The highest BCUT2D eigenvalue weighted by atomic mass is 79.9. The molecular weight excluding hydrogens is 528 g/mol. The highest BCUT2D eigenvalue weighted by Gasteiger charge is 2.37. The molecule has 3 aromatic carbocycles. The molecule has 1 saturated heterocycles. The molecule has 1 N–H and O–H groups in total. The molecule has 3 aromatic rings. The summed E-state index contributed by atoms with van der Waals surface area (Å²) in [4.78, 5) is 50.9. The summed E-state index contributed by atoms with van der Waals surface area (Å²) in [6.07, 6.45) is 1.38. The second-order valence-corrected chi connectivity index (χ2v) is 8.87. The maximum Gasteiger partial charge on any atom is 0.337 e. The van der Waals surface area contributed by atoms with Gasteiger partial charge in [0.1, 0.15) is 17.9 Å². The Labute approximate surface area is 215 Å². The molecular formula is C27H21BrN2O6. The number of hydrogen-bond donors (Lipinski definition) is 1. The Bertz CT molecular complexity index is 1380. The van der Waals surface area contributed by atoms with Gasteiger partial charge in [-0.3, -0.25) is 14.9 Å². The molecule has 0 aliphatic carbocycles. The number of carbonyl (C=O) groups excluding carboxylic acids is 4. The van der Waals surface area contributed by atoms with Gasteiger partial charge in [-0.1, -0.05) is 45.8 Å². The SMILES string of the molecule is COC(=O)c1ccc(N2C(=O)NC(=O)/C(=C\c3cc(Br)ccc3OCc3ccc(C)cc3)C2=O)cc1. The molecule has 1 heterocycles. The van der Waals surface area contributed by atoms with E-state index in [1.807, 2.05) is 31.2 Å². The summed E-state index contributed by atoms with van der Waals surface area (Å²) in [5, 5.41) is 2.19. The number of hydrogen-bond acceptors (Lipinski definition) is 6. The molecule has 0 saturated carbocycles. The molecule has 1 fully saturated rings. The lowest BCUT2D eigenvalue weighted by Crippen LogP contribution is -2.54. The zero-order valence-electron chi connectivity index (χ0n) is 19.4. The van der Waals surface area contributed by atoms with Gasteiger partial charge >= 0.3 is 12.0 Å². The van der Waals surface area contributed by atoms with Gasteiger partial charge in [-0.25, -0.2) is 14.5 Å². The molecule has 0 bridgehead atoms. The van der Waals surface area contributed by atoms with E-state index in [1.165, 1.54) is 37.5 Å². The van der Waals surface area contributed by atoms with Gasteiger partial charge in [0.15, 0.2) is 0 Å². The lowest BCUT2D eigenvalue weighted by Gasteiger charge is -2.26. The minimum absolute atomic E-state index is 0.189. The monoisotopic (exact) mass is 548 g/mol. The molecule has 36 heavy (non-hydrogen) atoms. The third-order valence-corrected chi connectivity index (χ3v) is 5.93. The number of ether oxygens (including phenoxy) is 2. The molecule has 0 spiro atoms. The molecule has 0 radical (unpaired) electrons. The number of imide groups is 2. The number of nitrogens with one attached hydrogen (secondary N) is 1. The predicted molar refractivity (Wildman–Crippen MR) is 136 cm³/mol. The van der Waals surface area contributed by atoms with Crippen LogP contribution in [0.2, 0.25) is 0 Å². The zero-order chi connectivity index (χ0) is 25.8. The van der Waals surface area contributed by atoms with E-state index in [0.717, 1.165) is 16.0 Å². The molecule has 8 nitrogen and oxygen atoms in total. The Kier molecular flexibility index (Phi) is 7.30. The first-order chi connectivity index (χ1) is 17.3. The van der Waals surface area contributed by atoms with Gasteiger partial charge in [0.05, 0.1) is 18.4 Å². The fourth-order valence-corrected chi connectivity index (χ4v) is 3.90. The number of nitrogens with zero attached hydrogens (tertiary/aromatic N) is 1. The van der Waals surface area contributed by atoms with E-state index < -0.39 is 23.8 Å². The number of urea groups is 1. The van der Waals surface area contributed by atoms with Crippen LogP contribution in [-0.4, -0.2) is 30.9 Å². The Morgan fingerprint density at radius 2 is 1.69 bits per heavy atom. The van der Waals surface area contributed by atoms with Gasteiger partial charge in [0, 0.05) is 10.0 Å². The van der Waals surface area contributed by atoms with Gasteiger partial charge in [-0.15, -0.1) is 0 Å². The number of amides is 4. The van der Waals surface area contributed by atoms with E-state index in [4.69, 9.17) is 4.74 Å². The number of benzene rings is 3.